The van der Waals surface area contributed by atoms with Gasteiger partial charge in [-0.25, -0.2) is 0 Å². The van der Waals surface area contributed by atoms with Crippen molar-refractivity contribution in [3.05, 3.63) is 24.0 Å². The molecule has 0 unspecified atom stereocenters. The minimum absolute atomic E-state index is 1.10. The van der Waals surface area contributed by atoms with Crippen molar-refractivity contribution >= 4 is 0 Å². The summed E-state index contributed by atoms with van der Waals surface area (Å²) in [4.78, 5) is 2.86. The van der Waals surface area contributed by atoms with Crippen LogP contribution < -0.4 is 0 Å². The van der Waals surface area contributed by atoms with Crippen LogP contribution in [-0.2, 0) is 6.42 Å². The monoisotopic (exact) mass is 94.1 g/mol. The van der Waals surface area contributed by atoms with Crippen LogP contribution in [0.3, 0.4) is 0 Å². The maximum absolute atomic E-state index is 2.86. The van der Waals surface area contributed by atoms with Gasteiger partial charge in [0.25, 0.3) is 0 Å². The molecule has 1 N–H and O–H groups in total. The fraction of sp³-hybridized carbons (Fsp3) is 0.333. The summed E-state index contributed by atoms with van der Waals surface area (Å²) in [5.74, 6) is 0. The molecule has 0 aliphatic carbocycles. The van der Waals surface area contributed by atoms with E-state index in [1.54, 1.807) is 0 Å². The van der Waals surface area contributed by atoms with Crippen molar-refractivity contribution in [1.29, 1.82) is 0 Å². The summed E-state index contributed by atoms with van der Waals surface area (Å²) in [6, 6.07) is 1.96. The van der Waals surface area contributed by atoms with E-state index in [9.17, 15) is 0 Å². The van der Waals surface area contributed by atoms with Gasteiger partial charge in [0.2, 0.25) is 0 Å². The summed E-state index contributed by atoms with van der Waals surface area (Å²) in [6.07, 6.45) is 5.91. The molecule has 1 nitrogen and oxygen atoms in total. The fourth-order valence-corrected chi connectivity index (χ4v) is 0.515. The van der Waals surface area contributed by atoms with Gasteiger partial charge in [-0.3, -0.25) is 0 Å². The smallest absolute Gasteiger partial charge is 0.0622 e. The van der Waals surface area contributed by atoms with Crippen LogP contribution in [0.25, 0.3) is 0 Å². The van der Waals surface area contributed by atoms with E-state index in [-0.39, 0.29) is 0 Å². The number of nitrogens with one attached hydrogen (secondary N) is 1. The van der Waals surface area contributed by atoms with E-state index in [4.69, 9.17) is 0 Å². The number of aromatic nitrogens is 1. The molecule has 1 aromatic heterocycles. The molecular formula is C6H8N. The number of hydrogen-bond donors (Lipinski definition) is 1. The van der Waals surface area contributed by atoms with Crippen molar-refractivity contribution in [3.8, 4) is 0 Å². The second kappa shape index (κ2) is 1.82. The molecule has 1 radical (unpaired) electrons. The van der Waals surface area contributed by atoms with Crippen LogP contribution in [0.4, 0.5) is 0 Å². The van der Waals surface area contributed by atoms with Gasteiger partial charge in [-0.05, 0) is 18.1 Å². The lowest BCUT2D eigenvalue weighted by Crippen LogP contribution is -1.67. The SMILES string of the molecule is CCc1c[c][nH]c1. The third-order valence-electron chi connectivity index (χ3n) is 1.01. The first-order valence-electron chi connectivity index (χ1n) is 2.47. The van der Waals surface area contributed by atoms with Crippen LogP contribution in [0, 0.1) is 6.20 Å². The molecule has 1 aromatic rings. The zero-order valence-corrected chi connectivity index (χ0v) is 4.36. The van der Waals surface area contributed by atoms with Crippen LogP contribution in [-0.4, -0.2) is 4.98 Å². The Morgan fingerprint density at radius 1 is 1.86 bits per heavy atom. The molecule has 0 saturated heterocycles. The van der Waals surface area contributed by atoms with E-state index >= 15 is 0 Å². The van der Waals surface area contributed by atoms with Gasteiger partial charge in [0, 0.05) is 6.20 Å². The minimum atomic E-state index is 1.10. The average molecular weight is 94.1 g/mol. The standard InChI is InChI=1S/C6H8N/c1-2-6-3-4-7-5-6/h3,5,7H,2H2,1H3. The summed E-state index contributed by atoms with van der Waals surface area (Å²) in [5, 5.41) is 0. The van der Waals surface area contributed by atoms with Crippen molar-refractivity contribution < 1.29 is 0 Å². The van der Waals surface area contributed by atoms with E-state index in [1.165, 1.54) is 5.56 Å². The maximum atomic E-state index is 2.86. The molecule has 7 heavy (non-hydrogen) atoms. The molecule has 0 amide bonds. The predicted molar refractivity (Wildman–Crippen MR) is 29.0 cm³/mol. The van der Waals surface area contributed by atoms with Crippen molar-refractivity contribution in [2.75, 3.05) is 0 Å². The first-order chi connectivity index (χ1) is 3.43. The first-order valence-corrected chi connectivity index (χ1v) is 2.47. The maximum Gasteiger partial charge on any atom is 0.0622 e. The lowest BCUT2D eigenvalue weighted by molar-refractivity contribution is 1.14. The van der Waals surface area contributed by atoms with Gasteiger partial charge in [-0.1, -0.05) is 6.92 Å². The molecule has 1 rings (SSSR count). The molecular weight excluding hydrogens is 86.1 g/mol. The molecule has 0 aliphatic rings. The van der Waals surface area contributed by atoms with Crippen LogP contribution in [0.1, 0.15) is 12.5 Å². The van der Waals surface area contributed by atoms with Gasteiger partial charge in [-0.2, -0.15) is 0 Å². The first kappa shape index (κ1) is 4.44. The second-order valence-electron chi connectivity index (χ2n) is 1.51. The number of hydrogen-bond acceptors (Lipinski definition) is 0. The predicted octanol–water partition coefficient (Wildman–Crippen LogP) is 1.38. The molecule has 0 fully saturated rings. The average Bonchev–Trinajstić information content (AvgIpc) is 2.14. The Hall–Kier alpha value is -0.720. The second-order valence-corrected chi connectivity index (χ2v) is 1.51. The van der Waals surface area contributed by atoms with Crippen molar-refractivity contribution in [2.24, 2.45) is 0 Å². The van der Waals surface area contributed by atoms with Crippen molar-refractivity contribution in [1.82, 2.24) is 4.98 Å². The lowest BCUT2D eigenvalue weighted by atomic mass is 10.3. The van der Waals surface area contributed by atoms with Gasteiger partial charge >= 0.3 is 0 Å². The summed E-state index contributed by atoms with van der Waals surface area (Å²) in [5.41, 5.74) is 1.32. The molecule has 0 atom stereocenters. The zero-order chi connectivity index (χ0) is 5.11. The Morgan fingerprint density at radius 2 is 2.71 bits per heavy atom. The van der Waals surface area contributed by atoms with E-state index in [0.717, 1.165) is 6.42 Å². The highest BCUT2D eigenvalue weighted by Gasteiger charge is 1.82. The Balaban J connectivity index is 2.76. The molecule has 0 aliphatic heterocycles. The molecule has 0 aromatic carbocycles. The number of aromatic amines is 1. The van der Waals surface area contributed by atoms with Gasteiger partial charge in [0.15, 0.2) is 0 Å². The highest BCUT2D eigenvalue weighted by molar-refractivity contribution is 5.06. The van der Waals surface area contributed by atoms with Crippen LogP contribution >= 0.6 is 0 Å². The zero-order valence-electron chi connectivity index (χ0n) is 4.36. The summed E-state index contributed by atoms with van der Waals surface area (Å²) < 4.78 is 0. The number of H-pyrrole nitrogens is 1. The third kappa shape index (κ3) is 0.829. The Kier molecular flexibility index (Phi) is 1.16. The van der Waals surface area contributed by atoms with Gasteiger partial charge in [0.1, 0.15) is 0 Å². The van der Waals surface area contributed by atoms with Crippen molar-refractivity contribution in [2.45, 2.75) is 13.3 Å². The van der Waals surface area contributed by atoms with E-state index < -0.39 is 0 Å². The molecule has 0 saturated carbocycles. The van der Waals surface area contributed by atoms with Crippen LogP contribution in [0.5, 0.6) is 0 Å². The van der Waals surface area contributed by atoms with Gasteiger partial charge in [-0.15, -0.1) is 0 Å². The number of aryl methyl sites for hydroxylation is 1. The highest BCUT2D eigenvalue weighted by atomic mass is 14.6. The highest BCUT2D eigenvalue weighted by Crippen LogP contribution is 1.93. The Morgan fingerprint density at radius 3 is 3.00 bits per heavy atom. The summed E-state index contributed by atoms with van der Waals surface area (Å²) in [7, 11) is 0. The number of rotatable bonds is 1. The Bertz CT molecular complexity index is 119. The quantitative estimate of drug-likeness (QED) is 0.541. The van der Waals surface area contributed by atoms with Gasteiger partial charge in [0.05, 0.1) is 6.20 Å². The van der Waals surface area contributed by atoms with E-state index in [1.807, 2.05) is 12.3 Å². The molecule has 1 heteroatoms. The van der Waals surface area contributed by atoms with Crippen LogP contribution in [0.15, 0.2) is 12.3 Å². The topological polar surface area (TPSA) is 15.8 Å². The largest absolute Gasteiger partial charge is 0.360 e. The fourth-order valence-electron chi connectivity index (χ4n) is 0.515. The molecule has 0 bridgehead atoms. The van der Waals surface area contributed by atoms with Crippen molar-refractivity contribution in [3.63, 3.8) is 0 Å². The third-order valence-corrected chi connectivity index (χ3v) is 1.01. The normalized spacial score (nSPS) is 9.29. The molecule has 1 heterocycles. The lowest BCUT2D eigenvalue weighted by Gasteiger charge is -1.78. The summed E-state index contributed by atoms with van der Waals surface area (Å²) >= 11 is 0. The molecule has 37 valence electrons. The van der Waals surface area contributed by atoms with Gasteiger partial charge < -0.3 is 4.98 Å². The van der Waals surface area contributed by atoms with Crippen LogP contribution in [0.2, 0.25) is 0 Å². The minimum Gasteiger partial charge on any atom is -0.360 e. The summed E-state index contributed by atoms with van der Waals surface area (Å²) in [6.45, 7) is 2.12. The molecule has 0 spiro atoms. The van der Waals surface area contributed by atoms with E-state index in [0.29, 0.717) is 0 Å². The van der Waals surface area contributed by atoms with E-state index in [2.05, 4.69) is 18.1 Å². The Labute approximate surface area is 43.4 Å².